The average molecular weight is 130 g/mol. The molecule has 0 atom stereocenters. The number of hydrogen-bond acceptors (Lipinski definition) is 2. The molecule has 1 N–H and O–H groups in total. The minimum absolute atomic E-state index is 0.440. The molecular weight excluding hydrogens is 118 g/mol. The Bertz CT molecular complexity index is 101. The molecule has 1 radical (unpaired) electrons. The highest BCUT2D eigenvalue weighted by Crippen LogP contribution is 2.06. The van der Waals surface area contributed by atoms with E-state index in [0.717, 1.165) is 0 Å². The van der Waals surface area contributed by atoms with Crippen LogP contribution in [0.2, 0.25) is 0 Å². The molecule has 3 nitrogen and oxygen atoms in total. The van der Waals surface area contributed by atoms with Crippen LogP contribution in [0.15, 0.2) is 0 Å². The predicted octanol–water partition coefficient (Wildman–Crippen LogP) is 0.575. The molecule has 0 aliphatic heterocycles. The number of aliphatic carboxylic acids is 1. The van der Waals surface area contributed by atoms with E-state index >= 15 is 0 Å². The molecule has 0 spiro atoms. The number of hydrogen-bond donors (Lipinski definition) is 1. The van der Waals surface area contributed by atoms with Gasteiger partial charge in [-0.05, 0) is 20.5 Å². The van der Waals surface area contributed by atoms with E-state index in [-0.39, 0.29) is 0 Å². The molecule has 0 fully saturated rings. The van der Waals surface area contributed by atoms with E-state index in [1.165, 1.54) is 0 Å². The number of rotatable bonds is 3. The first-order valence-corrected chi connectivity index (χ1v) is 2.86. The highest BCUT2D eigenvalue weighted by Gasteiger charge is 2.17. The maximum atomic E-state index is 10.3. The van der Waals surface area contributed by atoms with Crippen LogP contribution in [0, 0.1) is 6.04 Å². The van der Waals surface area contributed by atoms with Crippen LogP contribution in [0.5, 0.6) is 0 Å². The number of carboxylic acid groups (broad SMARTS) is 1. The molecule has 0 saturated carbocycles. The van der Waals surface area contributed by atoms with Gasteiger partial charge in [0.1, 0.15) is 6.04 Å². The second kappa shape index (κ2) is 3.45. The lowest BCUT2D eigenvalue weighted by molar-refractivity contribution is -0.137. The first-order chi connectivity index (χ1) is 4.09. The van der Waals surface area contributed by atoms with Gasteiger partial charge in [-0.2, -0.15) is 0 Å². The quantitative estimate of drug-likeness (QED) is 0.607. The molecule has 53 valence electrons. The van der Waals surface area contributed by atoms with Gasteiger partial charge in [-0.15, -0.1) is 0 Å². The second-order valence-electron chi connectivity index (χ2n) is 2.00. The van der Waals surface area contributed by atoms with Gasteiger partial charge in [-0.1, -0.05) is 6.92 Å². The van der Waals surface area contributed by atoms with E-state index in [4.69, 9.17) is 5.11 Å². The molecule has 0 aliphatic carbocycles. The molecule has 0 amide bonds. The number of likely N-dealkylation sites (N-methyl/N-ethyl adjacent to an activating group) is 1. The smallest absolute Gasteiger partial charge is 0.326 e. The van der Waals surface area contributed by atoms with Crippen molar-refractivity contribution < 1.29 is 9.90 Å². The van der Waals surface area contributed by atoms with Crippen LogP contribution in [0.3, 0.4) is 0 Å². The molecule has 0 aliphatic rings. The van der Waals surface area contributed by atoms with Crippen molar-refractivity contribution in [3.63, 3.8) is 0 Å². The normalized spacial score (nSPS) is 10.8. The summed E-state index contributed by atoms with van der Waals surface area (Å²) in [6.07, 6.45) is 0.572. The van der Waals surface area contributed by atoms with Gasteiger partial charge in [-0.25, -0.2) is 0 Å². The second-order valence-corrected chi connectivity index (χ2v) is 2.00. The fourth-order valence-corrected chi connectivity index (χ4v) is 0.659. The van der Waals surface area contributed by atoms with Crippen LogP contribution in [0.4, 0.5) is 0 Å². The Morgan fingerprint density at radius 2 is 2.00 bits per heavy atom. The van der Waals surface area contributed by atoms with E-state index in [1.807, 2.05) is 6.92 Å². The van der Waals surface area contributed by atoms with E-state index in [0.29, 0.717) is 12.5 Å². The Morgan fingerprint density at radius 1 is 1.56 bits per heavy atom. The predicted molar refractivity (Wildman–Crippen MR) is 34.9 cm³/mol. The Balaban J connectivity index is 3.83. The molecule has 3 heteroatoms. The molecule has 0 aromatic carbocycles. The summed E-state index contributed by atoms with van der Waals surface area (Å²) in [5.41, 5.74) is 0. The molecule has 0 bridgehead atoms. The summed E-state index contributed by atoms with van der Waals surface area (Å²) in [4.78, 5) is 11.9. The van der Waals surface area contributed by atoms with Gasteiger partial charge in [0.05, 0.1) is 0 Å². The van der Waals surface area contributed by atoms with Crippen LogP contribution in [-0.2, 0) is 4.79 Å². The third kappa shape index (κ3) is 2.46. The van der Waals surface area contributed by atoms with E-state index in [1.54, 1.807) is 19.0 Å². The lowest BCUT2D eigenvalue weighted by Gasteiger charge is -2.15. The topological polar surface area (TPSA) is 40.5 Å². The number of carboxylic acids is 1. The van der Waals surface area contributed by atoms with Gasteiger partial charge in [0, 0.05) is 0 Å². The van der Waals surface area contributed by atoms with E-state index in [9.17, 15) is 4.79 Å². The Morgan fingerprint density at radius 3 is 2.00 bits per heavy atom. The van der Waals surface area contributed by atoms with E-state index in [2.05, 4.69) is 0 Å². The fourth-order valence-electron chi connectivity index (χ4n) is 0.659. The minimum Gasteiger partial charge on any atom is -0.480 e. The zero-order valence-corrected chi connectivity index (χ0v) is 6.01. The van der Waals surface area contributed by atoms with Gasteiger partial charge >= 0.3 is 5.97 Å². The third-order valence-electron chi connectivity index (χ3n) is 1.12. The molecule has 0 aromatic heterocycles. The van der Waals surface area contributed by atoms with Crippen molar-refractivity contribution in [2.24, 2.45) is 0 Å². The monoisotopic (exact) mass is 130 g/mol. The summed E-state index contributed by atoms with van der Waals surface area (Å²) in [7, 11) is 3.46. The minimum atomic E-state index is -0.831. The first-order valence-electron chi connectivity index (χ1n) is 2.86. The average Bonchev–Trinajstić information content (AvgIpc) is 1.64. The number of nitrogens with zero attached hydrogens (tertiary/aromatic N) is 1. The first kappa shape index (κ1) is 8.43. The molecule has 0 saturated heterocycles. The summed E-state index contributed by atoms with van der Waals surface area (Å²) >= 11 is 0. The molecular formula is C6H12NO2. The molecule has 0 heterocycles. The van der Waals surface area contributed by atoms with Crippen LogP contribution < -0.4 is 0 Å². The van der Waals surface area contributed by atoms with Gasteiger partial charge in [0.25, 0.3) is 0 Å². The largest absolute Gasteiger partial charge is 0.480 e. The summed E-state index contributed by atoms with van der Waals surface area (Å²) in [6.45, 7) is 1.82. The highest BCUT2D eigenvalue weighted by atomic mass is 16.4. The third-order valence-corrected chi connectivity index (χ3v) is 1.12. The Hall–Kier alpha value is -0.570. The molecule has 0 unspecified atom stereocenters. The van der Waals surface area contributed by atoms with Crippen molar-refractivity contribution >= 4 is 5.97 Å². The summed E-state index contributed by atoms with van der Waals surface area (Å²) < 4.78 is 0. The lowest BCUT2D eigenvalue weighted by Crippen LogP contribution is -2.26. The molecule has 9 heavy (non-hydrogen) atoms. The SMILES string of the molecule is CC[C](C(=O)O)N(C)C. The maximum absolute atomic E-state index is 10.3. The van der Waals surface area contributed by atoms with Gasteiger partial charge in [0.2, 0.25) is 0 Å². The molecule has 0 aromatic rings. The zero-order valence-electron chi connectivity index (χ0n) is 6.01. The van der Waals surface area contributed by atoms with Gasteiger partial charge in [0.15, 0.2) is 0 Å². The standard InChI is InChI=1S/C6H12NO2/c1-4-5(6(8)9)7(2)3/h4H2,1-3H3,(H,8,9). The Labute approximate surface area is 55.3 Å². The van der Waals surface area contributed by atoms with Crippen LogP contribution in [0.25, 0.3) is 0 Å². The molecule has 0 rings (SSSR count). The van der Waals surface area contributed by atoms with Crippen molar-refractivity contribution in [3.8, 4) is 0 Å². The Kier molecular flexibility index (Phi) is 3.24. The maximum Gasteiger partial charge on any atom is 0.326 e. The summed E-state index contributed by atoms with van der Waals surface area (Å²) in [5, 5.41) is 8.46. The zero-order chi connectivity index (χ0) is 7.44. The van der Waals surface area contributed by atoms with Crippen LogP contribution >= 0.6 is 0 Å². The van der Waals surface area contributed by atoms with Crippen molar-refractivity contribution in [1.29, 1.82) is 0 Å². The number of carbonyl (C=O) groups is 1. The van der Waals surface area contributed by atoms with Crippen molar-refractivity contribution in [2.75, 3.05) is 14.1 Å². The van der Waals surface area contributed by atoms with Crippen LogP contribution in [0.1, 0.15) is 13.3 Å². The van der Waals surface area contributed by atoms with Crippen molar-refractivity contribution in [2.45, 2.75) is 13.3 Å². The van der Waals surface area contributed by atoms with E-state index < -0.39 is 5.97 Å². The highest BCUT2D eigenvalue weighted by molar-refractivity contribution is 5.81. The van der Waals surface area contributed by atoms with Gasteiger partial charge < -0.3 is 5.11 Å². The fraction of sp³-hybridized carbons (Fsp3) is 0.667. The van der Waals surface area contributed by atoms with Crippen molar-refractivity contribution in [1.82, 2.24) is 4.90 Å². The van der Waals surface area contributed by atoms with Crippen LogP contribution in [-0.4, -0.2) is 30.1 Å². The lowest BCUT2D eigenvalue weighted by atomic mass is 10.2. The summed E-state index contributed by atoms with van der Waals surface area (Å²) in [5.74, 6) is -0.831. The van der Waals surface area contributed by atoms with Gasteiger partial charge in [-0.3, -0.25) is 9.69 Å². The summed E-state index contributed by atoms with van der Waals surface area (Å²) in [6, 6.07) is 0.440. The van der Waals surface area contributed by atoms with Crippen molar-refractivity contribution in [3.05, 3.63) is 6.04 Å².